The van der Waals surface area contributed by atoms with Crippen molar-refractivity contribution in [3.63, 3.8) is 0 Å². The molecule has 0 aromatic carbocycles. The molecule has 0 atom stereocenters. The van der Waals surface area contributed by atoms with Crippen molar-refractivity contribution in [2.75, 3.05) is 0 Å². The number of hydrogen-bond acceptors (Lipinski definition) is 0. The normalized spacial score (nSPS) is 157. The van der Waals surface area contributed by atoms with E-state index in [1.165, 1.54) is 0 Å². The molecule has 0 radical (unpaired) electrons. The molecule has 0 saturated carbocycles. The zero-order chi connectivity index (χ0) is 6.09. The third-order valence-corrected chi connectivity index (χ3v) is 79.4. The topological polar surface area (TPSA) is 0 Å². The SMILES string of the molecule is F.[CH]12[CH]3[CH]4[CH]5[CH]1[Ti]23451678[CH]2[CH]1[CH]6[CH]7[CH]28. The van der Waals surface area contributed by atoms with E-state index >= 15 is 0 Å². The zero-order valence-electron chi connectivity index (χ0n) is 6.68. The fraction of sp³-hybridized carbons (Fsp3) is 1.00. The average molecular weight is 198 g/mol. The molecule has 10 fully saturated rings. The summed E-state index contributed by atoms with van der Waals surface area (Å²) in [6.45, 7) is 0. The van der Waals surface area contributed by atoms with Crippen molar-refractivity contribution >= 4 is 0 Å². The quantitative estimate of drug-likeness (QED) is 0.522. The maximum atomic E-state index is 1.62. The Labute approximate surface area is 55.9 Å². The molecule has 1 spiro atoms. The Balaban J connectivity index is 0.000000400. The van der Waals surface area contributed by atoms with Crippen molar-refractivity contribution in [3.05, 3.63) is 0 Å². The molecule has 10 rings (SSSR count). The second-order valence-corrected chi connectivity index (χ2v) is 46.6. The van der Waals surface area contributed by atoms with Crippen LogP contribution in [0.25, 0.3) is 0 Å². The summed E-state index contributed by atoms with van der Waals surface area (Å²) < 4.78 is 16.2. The van der Waals surface area contributed by atoms with Crippen LogP contribution in [0.2, 0.25) is 42.2 Å². The van der Waals surface area contributed by atoms with E-state index < -0.39 is 8.89 Å². The molecule has 10 heterocycles. The van der Waals surface area contributed by atoms with Crippen LogP contribution in [0, 0.1) is 0 Å². The molecule has 10 aliphatic rings. The first-order valence-corrected chi connectivity index (χ1v) is 15.2. The Morgan fingerprint density at radius 3 is 0.583 bits per heavy atom. The van der Waals surface area contributed by atoms with Gasteiger partial charge in [-0.3, -0.25) is 4.70 Å². The molecule has 2 heteroatoms. The van der Waals surface area contributed by atoms with Gasteiger partial charge < -0.3 is 0 Å². The summed E-state index contributed by atoms with van der Waals surface area (Å²) in [5.74, 6) is 0. The van der Waals surface area contributed by atoms with Gasteiger partial charge in [0, 0.05) is 0 Å². The van der Waals surface area contributed by atoms with Crippen LogP contribution in [-0.2, 0) is 8.89 Å². The van der Waals surface area contributed by atoms with Crippen molar-refractivity contribution in [1.82, 2.24) is 0 Å². The van der Waals surface area contributed by atoms with Crippen LogP contribution in [0.15, 0.2) is 0 Å². The van der Waals surface area contributed by atoms with Gasteiger partial charge in [0.25, 0.3) is 0 Å². The van der Waals surface area contributed by atoms with Crippen molar-refractivity contribution < 1.29 is 13.6 Å². The van der Waals surface area contributed by atoms with Gasteiger partial charge in [-0.1, -0.05) is 0 Å². The third-order valence-electron chi connectivity index (χ3n) is 20.1. The first kappa shape index (κ1) is 4.02. The third kappa shape index (κ3) is 0.0246. The Morgan fingerprint density at radius 1 is 0.417 bits per heavy atom. The zero-order valence-corrected chi connectivity index (χ0v) is 8.24. The van der Waals surface area contributed by atoms with Gasteiger partial charge in [-0.2, -0.15) is 0 Å². The molecule has 0 amide bonds. The molecule has 0 N–H and O–H groups in total. The fourth-order valence-corrected chi connectivity index (χ4v) is 143. The number of hydrogen-bond donors (Lipinski definition) is 0. The van der Waals surface area contributed by atoms with E-state index in [0.717, 1.165) is 0 Å². The predicted octanol–water partition coefficient (Wildman–Crippen LogP) is 3.53. The molecule has 10 saturated heterocycles. The molecule has 0 aliphatic carbocycles. The standard InChI is InChI=1S/2C5H5.FH.Ti/c2*1-2-4-5-3-1;;/h2*1-5H;1H;. The van der Waals surface area contributed by atoms with E-state index in [9.17, 15) is 0 Å². The molecular weight excluding hydrogens is 187 g/mol. The van der Waals surface area contributed by atoms with Crippen LogP contribution in [-0.4, -0.2) is 0 Å². The van der Waals surface area contributed by atoms with Gasteiger partial charge in [-0.05, 0) is 0 Å². The van der Waals surface area contributed by atoms with Crippen LogP contribution in [0.3, 0.4) is 0 Å². The second-order valence-electron chi connectivity index (χ2n) is 12.8. The van der Waals surface area contributed by atoms with E-state index in [4.69, 9.17) is 0 Å². The van der Waals surface area contributed by atoms with Gasteiger partial charge in [-0.25, -0.2) is 0 Å². The summed E-state index contributed by atoms with van der Waals surface area (Å²) in [5, 5.41) is 0. The minimum absolute atomic E-state index is 0. The van der Waals surface area contributed by atoms with Crippen LogP contribution in [0.1, 0.15) is 0 Å². The molecule has 0 aromatic rings. The van der Waals surface area contributed by atoms with Gasteiger partial charge in [0.05, 0.1) is 0 Å². The van der Waals surface area contributed by atoms with Gasteiger partial charge in [0.2, 0.25) is 0 Å². The van der Waals surface area contributed by atoms with E-state index in [0.29, 0.717) is 0 Å². The van der Waals surface area contributed by atoms with E-state index in [1.54, 1.807) is 42.2 Å². The Kier molecular flexibility index (Phi) is 0.0773. The number of rotatable bonds is 0. The van der Waals surface area contributed by atoms with Crippen molar-refractivity contribution in [1.29, 1.82) is 0 Å². The van der Waals surface area contributed by atoms with E-state index in [1.807, 2.05) is 0 Å². The summed E-state index contributed by atoms with van der Waals surface area (Å²) >= 11 is 0. The Bertz CT molecular complexity index is 577. The molecule has 0 bridgehead atoms. The molecule has 62 valence electrons. The van der Waals surface area contributed by atoms with Crippen molar-refractivity contribution in [3.8, 4) is 0 Å². The Hall–Kier alpha value is 0.644. The summed E-state index contributed by atoms with van der Waals surface area (Å²) in [6.07, 6.45) is 0. The van der Waals surface area contributed by atoms with Gasteiger partial charge >= 0.3 is 51.1 Å². The van der Waals surface area contributed by atoms with Crippen molar-refractivity contribution in [2.24, 2.45) is 0 Å². The molecule has 10 aliphatic heterocycles. The minimum atomic E-state index is -2.63. The molecule has 0 aromatic heterocycles. The van der Waals surface area contributed by atoms with Crippen LogP contribution < -0.4 is 0 Å². The number of fused-ring (bicyclic) bond motifs is 10. The first-order valence-electron chi connectivity index (χ1n) is 6.22. The summed E-state index contributed by atoms with van der Waals surface area (Å²) in [6, 6.07) is 0. The van der Waals surface area contributed by atoms with Gasteiger partial charge in [0.15, 0.2) is 0 Å². The molecular formula is C10H11FTi. The molecule has 0 unspecified atom stereocenters. The van der Waals surface area contributed by atoms with Gasteiger partial charge in [-0.15, -0.1) is 0 Å². The molecule has 12 heavy (non-hydrogen) atoms. The predicted molar refractivity (Wildman–Crippen MR) is 40.0 cm³/mol. The molecule has 0 nitrogen and oxygen atoms in total. The maximum absolute atomic E-state index is 2.63. The van der Waals surface area contributed by atoms with Crippen LogP contribution in [0.4, 0.5) is 4.70 Å². The fourth-order valence-electron chi connectivity index (χ4n) is 23.2. The van der Waals surface area contributed by atoms with Crippen LogP contribution >= 0.6 is 0 Å². The van der Waals surface area contributed by atoms with Crippen LogP contribution in [0.5, 0.6) is 0 Å². The first-order chi connectivity index (χ1) is 5.16. The summed E-state index contributed by atoms with van der Waals surface area (Å²) in [4.78, 5) is 0. The monoisotopic (exact) mass is 198 g/mol. The average Bonchev–Trinajstić information content (AvgIpc) is 3.01. The van der Waals surface area contributed by atoms with E-state index in [2.05, 4.69) is 0 Å². The summed E-state index contributed by atoms with van der Waals surface area (Å²) in [5.41, 5.74) is 0. The van der Waals surface area contributed by atoms with Gasteiger partial charge in [0.1, 0.15) is 0 Å². The van der Waals surface area contributed by atoms with Crippen molar-refractivity contribution in [2.45, 2.75) is 42.2 Å². The number of halogens is 1. The summed E-state index contributed by atoms with van der Waals surface area (Å²) in [7, 11) is -2.63. The Morgan fingerprint density at radius 2 is 0.583 bits per heavy atom. The second kappa shape index (κ2) is 0.231. The van der Waals surface area contributed by atoms with E-state index in [-0.39, 0.29) is 4.70 Å².